The van der Waals surface area contributed by atoms with E-state index in [1.54, 1.807) is 12.3 Å². The van der Waals surface area contributed by atoms with Crippen LogP contribution in [0.2, 0.25) is 0 Å². The molecule has 6 nitrogen and oxygen atoms in total. The lowest BCUT2D eigenvalue weighted by molar-refractivity contribution is -0.137. The number of nitrogens with two attached hydrogens (primary N) is 1. The number of pyridine rings is 2. The van der Waals surface area contributed by atoms with Gasteiger partial charge in [-0.1, -0.05) is 6.07 Å². The van der Waals surface area contributed by atoms with Gasteiger partial charge in [0.05, 0.1) is 5.56 Å². The molecule has 0 radical (unpaired) electrons. The minimum Gasteiger partial charge on any atom is -0.369 e. The minimum atomic E-state index is -4.40. The molecule has 0 saturated carbocycles. The van der Waals surface area contributed by atoms with E-state index in [1.807, 2.05) is 6.07 Å². The number of aromatic nitrogens is 2. The zero-order valence-corrected chi connectivity index (χ0v) is 14.5. The molecule has 0 spiro atoms. The highest BCUT2D eigenvalue weighted by atomic mass is 19.4. The van der Waals surface area contributed by atoms with Crippen molar-refractivity contribution in [3.8, 4) is 0 Å². The van der Waals surface area contributed by atoms with E-state index in [9.17, 15) is 18.0 Å². The van der Waals surface area contributed by atoms with E-state index in [-0.39, 0.29) is 11.8 Å². The maximum atomic E-state index is 12.6. The van der Waals surface area contributed by atoms with Crippen LogP contribution in [-0.2, 0) is 17.5 Å². The highest BCUT2D eigenvalue weighted by Crippen LogP contribution is 2.29. The Morgan fingerprint density at radius 3 is 2.56 bits per heavy atom. The van der Waals surface area contributed by atoms with Gasteiger partial charge in [-0.15, -0.1) is 0 Å². The van der Waals surface area contributed by atoms with Crippen LogP contribution >= 0.6 is 0 Å². The molecule has 0 aliphatic carbocycles. The molecule has 0 unspecified atom stereocenters. The van der Waals surface area contributed by atoms with E-state index >= 15 is 0 Å². The minimum absolute atomic E-state index is 0.108. The van der Waals surface area contributed by atoms with Gasteiger partial charge in [0, 0.05) is 43.5 Å². The third-order valence-electron chi connectivity index (χ3n) is 4.62. The smallest absolute Gasteiger partial charge is 0.369 e. The van der Waals surface area contributed by atoms with Gasteiger partial charge in [-0.3, -0.25) is 4.79 Å². The third-order valence-corrected chi connectivity index (χ3v) is 4.62. The Morgan fingerprint density at radius 1 is 1.22 bits per heavy atom. The molecular formula is C18H20F3N5O. The third kappa shape index (κ3) is 4.66. The number of hydrogen-bond donors (Lipinski definition) is 2. The Hall–Kier alpha value is -2.84. The van der Waals surface area contributed by atoms with Crippen molar-refractivity contribution in [3.05, 3.63) is 47.8 Å². The van der Waals surface area contributed by atoms with Crippen molar-refractivity contribution in [2.24, 2.45) is 11.7 Å². The van der Waals surface area contributed by atoms with Gasteiger partial charge in [0.25, 0.3) is 0 Å². The molecule has 0 aromatic carbocycles. The van der Waals surface area contributed by atoms with Crippen LogP contribution in [0.3, 0.4) is 0 Å². The van der Waals surface area contributed by atoms with E-state index in [0.29, 0.717) is 38.3 Å². The summed E-state index contributed by atoms with van der Waals surface area (Å²) < 4.78 is 37.8. The number of carbonyl (C=O) groups is 1. The lowest BCUT2D eigenvalue weighted by Crippen LogP contribution is -2.39. The van der Waals surface area contributed by atoms with Crippen LogP contribution in [0.15, 0.2) is 36.7 Å². The number of halogens is 3. The molecule has 2 aromatic heterocycles. The number of primary amides is 1. The van der Waals surface area contributed by atoms with Crippen molar-refractivity contribution in [1.29, 1.82) is 0 Å². The van der Waals surface area contributed by atoms with Gasteiger partial charge in [0.2, 0.25) is 5.91 Å². The second kappa shape index (κ2) is 7.81. The predicted molar refractivity (Wildman–Crippen MR) is 94.9 cm³/mol. The largest absolute Gasteiger partial charge is 0.417 e. The maximum Gasteiger partial charge on any atom is 0.417 e. The molecule has 1 fully saturated rings. The van der Waals surface area contributed by atoms with E-state index in [1.165, 1.54) is 6.07 Å². The van der Waals surface area contributed by atoms with Crippen molar-refractivity contribution in [3.63, 3.8) is 0 Å². The molecular weight excluding hydrogens is 359 g/mol. The average Bonchev–Trinajstić information content (AvgIpc) is 2.66. The molecule has 2 aromatic rings. The fourth-order valence-corrected chi connectivity index (χ4v) is 3.08. The highest BCUT2D eigenvalue weighted by Gasteiger charge is 2.30. The van der Waals surface area contributed by atoms with E-state index in [2.05, 4.69) is 20.2 Å². The van der Waals surface area contributed by atoms with Crippen molar-refractivity contribution in [1.82, 2.24) is 9.97 Å². The van der Waals surface area contributed by atoms with Crippen molar-refractivity contribution in [2.45, 2.75) is 25.6 Å². The summed E-state index contributed by atoms with van der Waals surface area (Å²) in [4.78, 5) is 21.7. The Bertz CT molecular complexity index is 786. The van der Waals surface area contributed by atoms with Gasteiger partial charge in [-0.2, -0.15) is 13.2 Å². The van der Waals surface area contributed by atoms with E-state index < -0.39 is 11.7 Å². The Morgan fingerprint density at radius 2 is 1.96 bits per heavy atom. The molecule has 1 saturated heterocycles. The summed E-state index contributed by atoms with van der Waals surface area (Å²) in [6.07, 6.45) is -0.548. The summed E-state index contributed by atoms with van der Waals surface area (Å²) in [7, 11) is 0. The molecule has 0 atom stereocenters. The van der Waals surface area contributed by atoms with Crippen molar-refractivity contribution >= 4 is 17.5 Å². The lowest BCUT2D eigenvalue weighted by atomic mass is 9.96. The molecule has 3 rings (SSSR count). The predicted octanol–water partition coefficient (Wildman–Crippen LogP) is 2.81. The molecule has 1 aliphatic rings. The molecule has 0 bridgehead atoms. The summed E-state index contributed by atoms with van der Waals surface area (Å²) in [6, 6.07) is 6.00. The first-order valence-electron chi connectivity index (χ1n) is 8.60. The average molecular weight is 379 g/mol. The van der Waals surface area contributed by atoms with Gasteiger partial charge in [-0.25, -0.2) is 9.97 Å². The number of anilines is 2. The number of rotatable bonds is 5. The van der Waals surface area contributed by atoms with Crippen LogP contribution in [0.1, 0.15) is 24.0 Å². The van der Waals surface area contributed by atoms with Crippen LogP contribution in [0, 0.1) is 5.92 Å². The van der Waals surface area contributed by atoms with Crippen molar-refractivity contribution < 1.29 is 18.0 Å². The van der Waals surface area contributed by atoms with Gasteiger partial charge in [0.1, 0.15) is 11.6 Å². The second-order valence-corrected chi connectivity index (χ2v) is 6.43. The molecule has 1 amide bonds. The summed E-state index contributed by atoms with van der Waals surface area (Å²) >= 11 is 0. The molecule has 3 N–H and O–H groups in total. The van der Waals surface area contributed by atoms with Crippen LogP contribution < -0.4 is 16.0 Å². The van der Waals surface area contributed by atoms with Gasteiger partial charge < -0.3 is 16.0 Å². The summed E-state index contributed by atoms with van der Waals surface area (Å²) in [6.45, 7) is 1.73. The fourth-order valence-electron chi connectivity index (χ4n) is 3.08. The Labute approximate surface area is 154 Å². The molecule has 27 heavy (non-hydrogen) atoms. The normalized spacial score (nSPS) is 15.6. The number of amides is 1. The number of nitrogens with zero attached hydrogens (tertiary/aromatic N) is 3. The zero-order chi connectivity index (χ0) is 19.4. The van der Waals surface area contributed by atoms with Crippen molar-refractivity contribution in [2.75, 3.05) is 23.3 Å². The maximum absolute atomic E-state index is 12.6. The van der Waals surface area contributed by atoms with Gasteiger partial charge in [0.15, 0.2) is 0 Å². The van der Waals surface area contributed by atoms with Crippen LogP contribution in [0.25, 0.3) is 0 Å². The monoisotopic (exact) mass is 379 g/mol. The molecule has 1 aliphatic heterocycles. The quantitative estimate of drug-likeness (QED) is 0.835. The Balaban J connectivity index is 1.65. The first-order valence-corrected chi connectivity index (χ1v) is 8.60. The number of piperidine rings is 1. The SMILES string of the molecule is NC(=O)C1CCN(c2ncccc2CNc2ccc(C(F)(F)F)cn2)CC1. The van der Waals surface area contributed by atoms with Gasteiger partial charge >= 0.3 is 6.18 Å². The standard InChI is InChI=1S/C18H20F3N5O/c19-18(20,21)14-3-4-15(25-11-14)24-10-13-2-1-7-23-17(13)26-8-5-12(6-9-26)16(22)27/h1-4,7,11-12H,5-6,8-10H2,(H2,22,27)(H,24,25). The van der Waals surface area contributed by atoms with E-state index in [4.69, 9.17) is 5.73 Å². The highest BCUT2D eigenvalue weighted by molar-refractivity contribution is 5.77. The zero-order valence-electron chi connectivity index (χ0n) is 14.5. The first-order chi connectivity index (χ1) is 12.8. The first kappa shape index (κ1) is 18.9. The number of carbonyl (C=O) groups excluding carboxylic acids is 1. The summed E-state index contributed by atoms with van der Waals surface area (Å²) in [5.41, 5.74) is 5.49. The van der Waals surface area contributed by atoms with Crippen LogP contribution in [0.4, 0.5) is 24.8 Å². The van der Waals surface area contributed by atoms with E-state index in [0.717, 1.165) is 23.6 Å². The molecule has 9 heteroatoms. The number of hydrogen-bond acceptors (Lipinski definition) is 5. The fraction of sp³-hybridized carbons (Fsp3) is 0.389. The number of nitrogens with one attached hydrogen (secondary N) is 1. The molecule has 144 valence electrons. The van der Waals surface area contributed by atoms with Gasteiger partial charge in [-0.05, 0) is 31.0 Å². The Kier molecular flexibility index (Phi) is 5.48. The lowest BCUT2D eigenvalue weighted by Gasteiger charge is -2.32. The molecule has 3 heterocycles. The topological polar surface area (TPSA) is 84.1 Å². The summed E-state index contributed by atoms with van der Waals surface area (Å²) in [5.74, 6) is 0.763. The van der Waals surface area contributed by atoms with Crippen LogP contribution in [0.5, 0.6) is 0 Å². The second-order valence-electron chi connectivity index (χ2n) is 6.43. The number of alkyl halides is 3. The summed E-state index contributed by atoms with van der Waals surface area (Å²) in [5, 5.41) is 3.03. The van der Waals surface area contributed by atoms with Crippen LogP contribution in [-0.4, -0.2) is 29.0 Å².